The van der Waals surface area contributed by atoms with E-state index in [9.17, 15) is 4.79 Å². The Balaban J connectivity index is 3.11. The van der Waals surface area contributed by atoms with Crippen LogP contribution in [-0.2, 0) is 66.4 Å². The molecule has 0 bridgehead atoms. The fraction of sp³-hybridized carbons (Fsp3) is 0.979. The Labute approximate surface area is 379 Å². The summed E-state index contributed by atoms with van der Waals surface area (Å²) in [4.78, 5) is 11.9. The van der Waals surface area contributed by atoms with Crippen molar-refractivity contribution in [3.63, 3.8) is 0 Å². The first-order valence-corrected chi connectivity index (χ1v) is 24.9. The monoisotopic (exact) mass is 897 g/mol. The zero-order valence-electron chi connectivity index (χ0n) is 40.0. The molecule has 0 aromatic rings. The Morgan fingerprint density at radius 1 is 0.226 bits per heavy atom. The van der Waals surface area contributed by atoms with Crippen molar-refractivity contribution >= 4 is 5.97 Å². The summed E-state index contributed by atoms with van der Waals surface area (Å²) in [6.45, 7) is 17.4. The lowest BCUT2D eigenvalue weighted by molar-refractivity contribution is -0.145. The molecule has 0 aliphatic heterocycles. The van der Waals surface area contributed by atoms with E-state index < -0.39 is 0 Å². The molecular weight excluding hydrogens is 801 g/mol. The molecule has 14 heteroatoms. The molecule has 0 saturated heterocycles. The molecule has 14 nitrogen and oxygen atoms in total. The second-order valence-electron chi connectivity index (χ2n) is 15.3. The first-order chi connectivity index (χ1) is 30.8. The van der Waals surface area contributed by atoms with E-state index in [1.165, 1.54) is 103 Å². The van der Waals surface area contributed by atoms with Gasteiger partial charge in [-0.05, 0) is 12.8 Å². The van der Waals surface area contributed by atoms with Gasteiger partial charge in [-0.25, -0.2) is 0 Å². The molecule has 372 valence electrons. The Kier molecular flexibility index (Phi) is 57.1. The van der Waals surface area contributed by atoms with Crippen molar-refractivity contribution in [3.05, 3.63) is 0 Å². The van der Waals surface area contributed by atoms with Crippen LogP contribution in [-0.4, -0.2) is 171 Å². The highest BCUT2D eigenvalue weighted by molar-refractivity contribution is 5.69. The Morgan fingerprint density at radius 3 is 0.677 bits per heavy atom. The van der Waals surface area contributed by atoms with E-state index in [4.69, 9.17) is 61.6 Å². The second kappa shape index (κ2) is 58.0. The van der Waals surface area contributed by atoms with E-state index in [0.717, 1.165) is 25.9 Å². The highest BCUT2D eigenvalue weighted by Gasteiger charge is 2.03. The predicted molar refractivity (Wildman–Crippen MR) is 244 cm³/mol. The van der Waals surface area contributed by atoms with Gasteiger partial charge in [0, 0.05) is 13.0 Å². The molecule has 0 unspecified atom stereocenters. The minimum absolute atomic E-state index is 0.132. The standard InChI is InChI=1S/C48H96O14/c1-3-5-7-9-11-12-13-14-15-16-17-18-20-22-48(49)62-47-46-61-45-44-60-43-42-59-41-40-58-39-38-57-37-36-56-35-34-55-33-32-54-31-30-53-29-28-52-27-26-51-25-24-50-23-21-19-10-8-6-4-2/h3-47H2,1-2H3. The molecule has 0 N–H and O–H groups in total. The van der Waals surface area contributed by atoms with Gasteiger partial charge in [0.1, 0.15) is 6.61 Å². The predicted octanol–water partition coefficient (Wildman–Crippen LogP) is 8.57. The molecule has 0 aliphatic rings. The van der Waals surface area contributed by atoms with Gasteiger partial charge >= 0.3 is 5.97 Å². The summed E-state index contributed by atoms with van der Waals surface area (Å²) in [5, 5.41) is 0. The van der Waals surface area contributed by atoms with Crippen molar-refractivity contribution in [2.45, 2.75) is 142 Å². The average molecular weight is 897 g/mol. The third-order valence-electron chi connectivity index (χ3n) is 9.71. The molecule has 0 amide bonds. The molecule has 0 aromatic heterocycles. The number of carbonyl (C=O) groups is 1. The van der Waals surface area contributed by atoms with E-state index in [0.29, 0.717) is 158 Å². The van der Waals surface area contributed by atoms with Crippen molar-refractivity contribution < 1.29 is 66.4 Å². The normalized spacial score (nSPS) is 11.6. The lowest BCUT2D eigenvalue weighted by Crippen LogP contribution is -2.15. The highest BCUT2D eigenvalue weighted by atomic mass is 16.6. The zero-order valence-corrected chi connectivity index (χ0v) is 40.0. The van der Waals surface area contributed by atoms with E-state index >= 15 is 0 Å². The van der Waals surface area contributed by atoms with E-state index in [-0.39, 0.29) is 12.6 Å². The van der Waals surface area contributed by atoms with Crippen molar-refractivity contribution in [1.82, 2.24) is 0 Å². The SMILES string of the molecule is CCCCCCCCCCCCCCCC(=O)OCCOCCOCCOCCOCCOCCOCCOCCOCCOCCOCCOCCOCCCCCCCC. The lowest BCUT2D eigenvalue weighted by atomic mass is 10.0. The number of hydrogen-bond acceptors (Lipinski definition) is 14. The van der Waals surface area contributed by atoms with Gasteiger partial charge in [0.2, 0.25) is 0 Å². The van der Waals surface area contributed by atoms with Gasteiger partial charge in [0.25, 0.3) is 0 Å². The lowest BCUT2D eigenvalue weighted by Gasteiger charge is -2.09. The van der Waals surface area contributed by atoms with Crippen LogP contribution in [0.2, 0.25) is 0 Å². The van der Waals surface area contributed by atoms with E-state index in [1.807, 2.05) is 0 Å². The van der Waals surface area contributed by atoms with Crippen LogP contribution < -0.4 is 0 Å². The van der Waals surface area contributed by atoms with Gasteiger partial charge in [-0.15, -0.1) is 0 Å². The summed E-state index contributed by atoms with van der Waals surface area (Å²) in [6, 6.07) is 0. The fourth-order valence-electron chi connectivity index (χ4n) is 6.08. The van der Waals surface area contributed by atoms with Crippen molar-refractivity contribution in [2.24, 2.45) is 0 Å². The van der Waals surface area contributed by atoms with Crippen LogP contribution in [0, 0.1) is 0 Å². The van der Waals surface area contributed by atoms with Crippen molar-refractivity contribution in [2.75, 3.05) is 165 Å². The molecule has 0 heterocycles. The molecule has 0 atom stereocenters. The van der Waals surface area contributed by atoms with Gasteiger partial charge in [-0.1, -0.05) is 123 Å². The van der Waals surface area contributed by atoms with Crippen molar-refractivity contribution in [1.29, 1.82) is 0 Å². The Morgan fingerprint density at radius 2 is 0.419 bits per heavy atom. The summed E-state index contributed by atoms with van der Waals surface area (Å²) in [7, 11) is 0. The maximum Gasteiger partial charge on any atom is 0.305 e. The molecule has 0 fully saturated rings. The fourth-order valence-corrected chi connectivity index (χ4v) is 6.08. The molecule has 0 aliphatic carbocycles. The minimum atomic E-state index is -0.132. The molecule has 62 heavy (non-hydrogen) atoms. The van der Waals surface area contributed by atoms with Crippen molar-refractivity contribution in [3.8, 4) is 0 Å². The quantitative estimate of drug-likeness (QED) is 0.0426. The highest BCUT2D eigenvalue weighted by Crippen LogP contribution is 2.13. The maximum absolute atomic E-state index is 11.9. The molecule has 0 rings (SSSR count). The summed E-state index contributed by atoms with van der Waals surface area (Å²) < 4.78 is 71.5. The molecular formula is C48H96O14. The van der Waals surface area contributed by atoms with E-state index in [2.05, 4.69) is 13.8 Å². The van der Waals surface area contributed by atoms with E-state index in [1.54, 1.807) is 0 Å². The smallest absolute Gasteiger partial charge is 0.305 e. The Bertz CT molecular complexity index is 812. The largest absolute Gasteiger partial charge is 0.463 e. The molecule has 0 radical (unpaired) electrons. The van der Waals surface area contributed by atoms with Crippen LogP contribution in [0.4, 0.5) is 0 Å². The van der Waals surface area contributed by atoms with Gasteiger partial charge in [-0.2, -0.15) is 0 Å². The number of esters is 1. The number of hydrogen-bond donors (Lipinski definition) is 0. The number of ether oxygens (including phenoxy) is 13. The van der Waals surface area contributed by atoms with Gasteiger partial charge < -0.3 is 61.6 Å². The number of unbranched alkanes of at least 4 members (excludes halogenated alkanes) is 17. The third-order valence-corrected chi connectivity index (χ3v) is 9.71. The topological polar surface area (TPSA) is 137 Å². The summed E-state index contributed by atoms with van der Waals surface area (Å²) in [5.74, 6) is -0.132. The zero-order chi connectivity index (χ0) is 44.6. The second-order valence-corrected chi connectivity index (χ2v) is 15.3. The molecule has 0 saturated carbocycles. The van der Waals surface area contributed by atoms with Gasteiger partial charge in [-0.3, -0.25) is 4.79 Å². The summed E-state index contributed by atoms with van der Waals surface area (Å²) in [5.41, 5.74) is 0. The minimum Gasteiger partial charge on any atom is -0.463 e. The maximum atomic E-state index is 11.9. The average Bonchev–Trinajstić information content (AvgIpc) is 3.28. The summed E-state index contributed by atoms with van der Waals surface area (Å²) >= 11 is 0. The Hall–Kier alpha value is -1.01. The van der Waals surface area contributed by atoms with Crippen LogP contribution in [0.3, 0.4) is 0 Å². The molecule has 0 spiro atoms. The first kappa shape index (κ1) is 61.0. The van der Waals surface area contributed by atoms with Crippen LogP contribution in [0.1, 0.15) is 142 Å². The van der Waals surface area contributed by atoms with Crippen LogP contribution >= 0.6 is 0 Å². The first-order valence-electron chi connectivity index (χ1n) is 24.9. The van der Waals surface area contributed by atoms with Crippen LogP contribution in [0.5, 0.6) is 0 Å². The van der Waals surface area contributed by atoms with Crippen LogP contribution in [0.25, 0.3) is 0 Å². The number of rotatable bonds is 57. The third kappa shape index (κ3) is 57.0. The number of carbonyl (C=O) groups excluding carboxylic acids is 1. The summed E-state index contributed by atoms with van der Waals surface area (Å²) in [6.07, 6.45) is 25.0. The van der Waals surface area contributed by atoms with Gasteiger partial charge in [0.05, 0.1) is 152 Å². The van der Waals surface area contributed by atoms with Gasteiger partial charge in [0.15, 0.2) is 0 Å². The van der Waals surface area contributed by atoms with Crippen LogP contribution in [0.15, 0.2) is 0 Å². The molecule has 0 aromatic carbocycles.